The summed E-state index contributed by atoms with van der Waals surface area (Å²) in [5, 5.41) is 3.55. The number of imidazole rings is 1. The molecule has 3 atom stereocenters. The summed E-state index contributed by atoms with van der Waals surface area (Å²) in [6, 6.07) is 14.5. The first-order chi connectivity index (χ1) is 17.6. The fourth-order valence-corrected chi connectivity index (χ4v) is 7.53. The molecule has 1 aliphatic heterocycles. The van der Waals surface area contributed by atoms with Gasteiger partial charge in [0.15, 0.2) is 22.9 Å². The lowest BCUT2D eigenvalue weighted by Crippen LogP contribution is -2.58. The van der Waals surface area contributed by atoms with Gasteiger partial charge in [-0.2, -0.15) is 11.8 Å². The van der Waals surface area contributed by atoms with Gasteiger partial charge in [0, 0.05) is 17.2 Å². The van der Waals surface area contributed by atoms with Crippen molar-refractivity contribution in [3.05, 3.63) is 65.5 Å². The molecule has 3 aliphatic rings. The number of aromatic nitrogens is 2. The van der Waals surface area contributed by atoms with Crippen LogP contribution < -0.4 is 5.32 Å². The zero-order valence-corrected chi connectivity index (χ0v) is 21.3. The van der Waals surface area contributed by atoms with E-state index in [1.165, 1.54) is 6.42 Å². The topological polar surface area (TPSA) is 91.9 Å². The van der Waals surface area contributed by atoms with E-state index in [2.05, 4.69) is 21.5 Å². The molecule has 2 N–H and O–H groups in total. The van der Waals surface area contributed by atoms with Crippen molar-refractivity contribution in [2.75, 3.05) is 12.0 Å². The average Bonchev–Trinajstić information content (AvgIpc) is 3.56. The predicted molar refractivity (Wildman–Crippen MR) is 142 cm³/mol. The minimum absolute atomic E-state index is 0.0823. The smallest absolute Gasteiger partial charge is 0.204 e. The van der Waals surface area contributed by atoms with E-state index in [1.54, 1.807) is 36.0 Å². The molecule has 3 unspecified atom stereocenters. The van der Waals surface area contributed by atoms with Crippen LogP contribution >= 0.6 is 11.8 Å². The molecule has 1 saturated carbocycles. The van der Waals surface area contributed by atoms with Gasteiger partial charge < -0.3 is 4.98 Å². The number of thioether (sulfide) groups is 1. The lowest BCUT2D eigenvalue weighted by Gasteiger charge is -2.35. The van der Waals surface area contributed by atoms with Gasteiger partial charge in [0.2, 0.25) is 5.78 Å². The van der Waals surface area contributed by atoms with Crippen molar-refractivity contribution in [3.63, 3.8) is 0 Å². The minimum atomic E-state index is -1.56. The van der Waals surface area contributed by atoms with E-state index in [1.807, 2.05) is 24.3 Å². The summed E-state index contributed by atoms with van der Waals surface area (Å²) in [5.74, 6) is -0.200. The van der Waals surface area contributed by atoms with E-state index >= 15 is 0 Å². The van der Waals surface area contributed by atoms with Crippen LogP contribution in [0.3, 0.4) is 0 Å². The van der Waals surface area contributed by atoms with E-state index in [4.69, 9.17) is 0 Å². The van der Waals surface area contributed by atoms with Crippen LogP contribution in [0.2, 0.25) is 0 Å². The highest BCUT2D eigenvalue weighted by atomic mass is 32.2. The van der Waals surface area contributed by atoms with Gasteiger partial charge in [-0.15, -0.1) is 0 Å². The first-order valence-corrected chi connectivity index (χ1v) is 14.4. The maximum absolute atomic E-state index is 14.4. The largest absolute Gasteiger partial charge is 0.335 e. The van der Waals surface area contributed by atoms with Gasteiger partial charge >= 0.3 is 0 Å². The fourth-order valence-electron chi connectivity index (χ4n) is 7.04. The van der Waals surface area contributed by atoms with Crippen LogP contribution in [-0.4, -0.2) is 50.9 Å². The monoisotopic (exact) mass is 501 g/mol. The molecule has 0 radical (unpaired) electrons. The van der Waals surface area contributed by atoms with Crippen LogP contribution in [0.4, 0.5) is 0 Å². The molecular formula is C29H31N3O3S. The van der Waals surface area contributed by atoms with Crippen molar-refractivity contribution in [2.24, 2.45) is 17.8 Å². The van der Waals surface area contributed by atoms with E-state index < -0.39 is 11.5 Å². The molecular weight excluding hydrogens is 470 g/mol. The molecule has 0 amide bonds. The van der Waals surface area contributed by atoms with Gasteiger partial charge in [0.05, 0.1) is 17.0 Å². The van der Waals surface area contributed by atoms with E-state index in [0.29, 0.717) is 22.6 Å². The molecule has 1 aromatic heterocycles. The molecule has 3 aromatic rings. The number of Topliss-reactive ketones (excluding diaryl/α,β-unsaturated/α-hetero) is 3. The van der Waals surface area contributed by atoms with Crippen molar-refractivity contribution in [3.8, 4) is 0 Å². The Kier molecular flexibility index (Phi) is 6.08. The summed E-state index contributed by atoms with van der Waals surface area (Å²) in [4.78, 5) is 50.5. The molecule has 2 aromatic carbocycles. The second kappa shape index (κ2) is 9.27. The number of benzene rings is 2. The first kappa shape index (κ1) is 23.6. The van der Waals surface area contributed by atoms with Gasteiger partial charge in [-0.1, -0.05) is 68.5 Å². The number of aromatic amines is 1. The lowest BCUT2D eigenvalue weighted by atomic mass is 9.65. The Morgan fingerprint density at radius 1 is 1.00 bits per heavy atom. The number of hydrogen-bond donors (Lipinski definition) is 2. The summed E-state index contributed by atoms with van der Waals surface area (Å²) < 4.78 is 0. The SMILES string of the molecule is CSCCC1NC2(C(=O)c3ccccc3C2=O)C(C(=O)c2nc3ccccc3[nH]2)C1C1CCCCC1. The number of nitrogens with zero attached hydrogens (tertiary/aromatic N) is 1. The number of carbonyl (C=O) groups is 3. The number of fused-ring (bicyclic) bond motifs is 2. The second-order valence-electron chi connectivity index (χ2n) is 10.5. The molecule has 36 heavy (non-hydrogen) atoms. The van der Waals surface area contributed by atoms with E-state index in [-0.39, 0.29) is 35.1 Å². The van der Waals surface area contributed by atoms with Crippen LogP contribution in [0.25, 0.3) is 11.0 Å². The van der Waals surface area contributed by atoms with Gasteiger partial charge in [0.1, 0.15) is 0 Å². The quantitative estimate of drug-likeness (QED) is 0.361. The number of rotatable bonds is 6. The Hall–Kier alpha value is -2.77. The maximum Gasteiger partial charge on any atom is 0.204 e. The van der Waals surface area contributed by atoms with Crippen molar-refractivity contribution < 1.29 is 14.4 Å². The van der Waals surface area contributed by atoms with Crippen LogP contribution in [0.15, 0.2) is 48.5 Å². The van der Waals surface area contributed by atoms with E-state index in [0.717, 1.165) is 43.4 Å². The first-order valence-electron chi connectivity index (χ1n) is 13.0. The van der Waals surface area contributed by atoms with Gasteiger partial charge in [0.25, 0.3) is 0 Å². The Morgan fingerprint density at radius 2 is 1.67 bits per heavy atom. The third kappa shape index (κ3) is 3.51. The van der Waals surface area contributed by atoms with Gasteiger partial charge in [-0.3, -0.25) is 19.7 Å². The number of carbonyl (C=O) groups excluding carboxylic acids is 3. The summed E-state index contributed by atoms with van der Waals surface area (Å²) in [6.07, 6.45) is 8.37. The Balaban J connectivity index is 1.51. The highest BCUT2D eigenvalue weighted by Crippen LogP contribution is 2.51. The molecule has 7 heteroatoms. The number of ketones is 3. The van der Waals surface area contributed by atoms with Gasteiger partial charge in [-0.05, 0) is 42.4 Å². The van der Waals surface area contributed by atoms with E-state index in [9.17, 15) is 14.4 Å². The third-order valence-corrected chi connectivity index (χ3v) is 9.24. The number of hydrogen-bond acceptors (Lipinski definition) is 6. The number of H-pyrrole nitrogens is 1. The maximum atomic E-state index is 14.4. The zero-order chi connectivity index (χ0) is 24.9. The van der Waals surface area contributed by atoms with Crippen LogP contribution in [-0.2, 0) is 0 Å². The molecule has 1 saturated heterocycles. The molecule has 1 spiro atoms. The normalized spacial score (nSPS) is 25.6. The van der Waals surface area contributed by atoms with Crippen LogP contribution in [0.5, 0.6) is 0 Å². The summed E-state index contributed by atoms with van der Waals surface area (Å²) in [7, 11) is 0. The van der Waals surface area contributed by atoms with Crippen LogP contribution in [0.1, 0.15) is 69.9 Å². The fraction of sp³-hybridized carbons (Fsp3) is 0.448. The molecule has 0 bridgehead atoms. The Morgan fingerprint density at radius 3 is 2.33 bits per heavy atom. The lowest BCUT2D eigenvalue weighted by molar-refractivity contribution is 0.0600. The molecule has 2 heterocycles. The predicted octanol–water partition coefficient (Wildman–Crippen LogP) is 5.10. The summed E-state index contributed by atoms with van der Waals surface area (Å²) in [5.41, 5.74) is 0.767. The molecule has 6 rings (SSSR count). The number of para-hydroxylation sites is 2. The average molecular weight is 502 g/mol. The third-order valence-electron chi connectivity index (χ3n) is 8.59. The Bertz CT molecular complexity index is 1270. The highest BCUT2D eigenvalue weighted by molar-refractivity contribution is 7.98. The molecule has 186 valence electrons. The van der Waals surface area contributed by atoms with Crippen molar-refractivity contribution in [2.45, 2.75) is 50.1 Å². The number of nitrogens with one attached hydrogen (secondary N) is 2. The molecule has 2 aliphatic carbocycles. The standard InChI is InChI=1S/C29H31N3O3S/c1-36-16-15-22-23(17-9-3-2-4-10-17)24(25(33)28-30-20-13-7-8-14-21(20)31-28)29(32-22)26(34)18-11-5-6-12-19(18)27(29)35/h5-8,11-14,17,22-24,32H,2-4,9-10,15-16H2,1H3,(H,30,31). The van der Waals surface area contributed by atoms with Gasteiger partial charge in [-0.25, -0.2) is 4.98 Å². The summed E-state index contributed by atoms with van der Waals surface area (Å²) >= 11 is 1.75. The second-order valence-corrected chi connectivity index (χ2v) is 11.4. The minimum Gasteiger partial charge on any atom is -0.335 e. The van der Waals surface area contributed by atoms with Crippen molar-refractivity contribution >= 4 is 40.1 Å². The molecule has 6 nitrogen and oxygen atoms in total. The summed E-state index contributed by atoms with van der Waals surface area (Å²) in [6.45, 7) is 0. The van der Waals surface area contributed by atoms with Crippen LogP contribution in [0, 0.1) is 17.8 Å². The zero-order valence-electron chi connectivity index (χ0n) is 20.5. The Labute approximate surface area is 215 Å². The molecule has 2 fully saturated rings. The van der Waals surface area contributed by atoms with Crippen molar-refractivity contribution in [1.29, 1.82) is 0 Å². The highest BCUT2D eigenvalue weighted by Gasteiger charge is 2.68. The van der Waals surface area contributed by atoms with Crippen molar-refractivity contribution in [1.82, 2.24) is 15.3 Å².